The minimum atomic E-state index is -0.623. The smallest absolute Gasteiger partial charge is 0.158 e. The van der Waals surface area contributed by atoms with Gasteiger partial charge in [-0.1, -0.05) is 49.1 Å². The van der Waals surface area contributed by atoms with Gasteiger partial charge in [0.2, 0.25) is 0 Å². The molecule has 1 N–H and O–H groups in total. The van der Waals surface area contributed by atoms with Crippen molar-refractivity contribution in [3.8, 4) is 0 Å². The number of carbonyl (C=O) groups is 1. The Balaban J connectivity index is 2.03. The van der Waals surface area contributed by atoms with Crippen LogP contribution in [-0.2, 0) is 4.79 Å². The zero-order chi connectivity index (χ0) is 13.0. The lowest BCUT2D eigenvalue weighted by molar-refractivity contribution is -0.117. The van der Waals surface area contributed by atoms with E-state index in [0.717, 1.165) is 18.4 Å². The SMILES string of the molecule is C=C1C(=O)CCCC1C(O)/C=C/c1ccccc1. The molecule has 0 aliphatic heterocycles. The second-order valence-electron chi connectivity index (χ2n) is 4.71. The van der Waals surface area contributed by atoms with Gasteiger partial charge in [0.05, 0.1) is 6.10 Å². The summed E-state index contributed by atoms with van der Waals surface area (Å²) in [5, 5.41) is 10.1. The maximum Gasteiger partial charge on any atom is 0.158 e. The first-order chi connectivity index (χ1) is 8.68. The quantitative estimate of drug-likeness (QED) is 0.827. The zero-order valence-electron chi connectivity index (χ0n) is 10.4. The van der Waals surface area contributed by atoms with Gasteiger partial charge in [0, 0.05) is 12.3 Å². The van der Waals surface area contributed by atoms with Crippen molar-refractivity contribution in [3.05, 3.63) is 54.1 Å². The number of hydrogen-bond acceptors (Lipinski definition) is 2. The maximum absolute atomic E-state index is 11.5. The Hall–Kier alpha value is -1.67. The van der Waals surface area contributed by atoms with E-state index in [1.54, 1.807) is 6.08 Å². The van der Waals surface area contributed by atoms with Crippen molar-refractivity contribution < 1.29 is 9.90 Å². The van der Waals surface area contributed by atoms with Gasteiger partial charge in [0.15, 0.2) is 5.78 Å². The molecule has 94 valence electrons. The van der Waals surface area contributed by atoms with Crippen molar-refractivity contribution in [2.75, 3.05) is 0 Å². The zero-order valence-corrected chi connectivity index (χ0v) is 10.4. The summed E-state index contributed by atoms with van der Waals surface area (Å²) >= 11 is 0. The molecule has 0 spiro atoms. The van der Waals surface area contributed by atoms with E-state index in [-0.39, 0.29) is 11.7 Å². The standard InChI is InChI=1S/C16H18O2/c1-12-14(8-5-9-15(12)17)16(18)11-10-13-6-3-2-4-7-13/h2-4,6-7,10-11,14,16,18H,1,5,8-9H2/b11-10+. The number of ketones is 1. The lowest BCUT2D eigenvalue weighted by atomic mass is 9.80. The molecule has 1 aliphatic carbocycles. The molecule has 2 nitrogen and oxygen atoms in total. The van der Waals surface area contributed by atoms with E-state index in [4.69, 9.17) is 0 Å². The molecule has 0 aromatic heterocycles. The minimum absolute atomic E-state index is 0.0958. The monoisotopic (exact) mass is 242 g/mol. The largest absolute Gasteiger partial charge is 0.388 e. The van der Waals surface area contributed by atoms with Crippen LogP contribution in [0, 0.1) is 5.92 Å². The fourth-order valence-corrected chi connectivity index (χ4v) is 2.31. The van der Waals surface area contributed by atoms with Crippen molar-refractivity contribution in [1.82, 2.24) is 0 Å². The molecule has 1 aliphatic rings. The van der Waals surface area contributed by atoms with E-state index in [2.05, 4.69) is 6.58 Å². The summed E-state index contributed by atoms with van der Waals surface area (Å²) in [5.41, 5.74) is 1.62. The number of carbonyl (C=O) groups excluding carboxylic acids is 1. The van der Waals surface area contributed by atoms with Crippen LogP contribution in [0.2, 0.25) is 0 Å². The van der Waals surface area contributed by atoms with Gasteiger partial charge in [-0.05, 0) is 24.0 Å². The summed E-state index contributed by atoms with van der Waals surface area (Å²) in [6, 6.07) is 9.81. The number of Topliss-reactive ketones (excluding diaryl/α,β-unsaturated/α-hetero) is 1. The highest BCUT2D eigenvalue weighted by molar-refractivity contribution is 5.96. The molecule has 18 heavy (non-hydrogen) atoms. The van der Waals surface area contributed by atoms with Crippen LogP contribution < -0.4 is 0 Å². The predicted molar refractivity (Wildman–Crippen MR) is 73.0 cm³/mol. The van der Waals surface area contributed by atoms with E-state index in [1.807, 2.05) is 36.4 Å². The molecule has 1 aromatic carbocycles. The van der Waals surface area contributed by atoms with Gasteiger partial charge in [-0.15, -0.1) is 0 Å². The summed E-state index contributed by atoms with van der Waals surface area (Å²) in [5.74, 6) is -0.0235. The summed E-state index contributed by atoms with van der Waals surface area (Å²) < 4.78 is 0. The van der Waals surface area contributed by atoms with E-state index in [1.165, 1.54) is 0 Å². The molecular weight excluding hydrogens is 224 g/mol. The van der Waals surface area contributed by atoms with E-state index in [9.17, 15) is 9.90 Å². The summed E-state index contributed by atoms with van der Waals surface area (Å²) in [4.78, 5) is 11.5. The van der Waals surface area contributed by atoms with Gasteiger partial charge in [-0.2, -0.15) is 0 Å². The molecule has 0 radical (unpaired) electrons. The molecule has 2 heteroatoms. The van der Waals surface area contributed by atoms with Crippen LogP contribution in [0.4, 0.5) is 0 Å². The van der Waals surface area contributed by atoms with Gasteiger partial charge >= 0.3 is 0 Å². The first kappa shape index (κ1) is 12.8. The van der Waals surface area contributed by atoms with Gasteiger partial charge in [0.25, 0.3) is 0 Å². The molecule has 0 bridgehead atoms. The van der Waals surface area contributed by atoms with Gasteiger partial charge in [0.1, 0.15) is 0 Å². The Kier molecular flexibility index (Phi) is 4.11. The van der Waals surface area contributed by atoms with Crippen molar-refractivity contribution in [2.24, 2.45) is 5.92 Å². The molecule has 1 fully saturated rings. The van der Waals surface area contributed by atoms with Crippen molar-refractivity contribution in [1.29, 1.82) is 0 Å². The van der Waals surface area contributed by atoms with Crippen LogP contribution in [-0.4, -0.2) is 17.0 Å². The first-order valence-corrected chi connectivity index (χ1v) is 6.32. The summed E-state index contributed by atoms with van der Waals surface area (Å²) in [6.07, 6.45) is 5.27. The highest BCUT2D eigenvalue weighted by Crippen LogP contribution is 2.29. The van der Waals surface area contributed by atoms with E-state index < -0.39 is 6.10 Å². The van der Waals surface area contributed by atoms with Crippen molar-refractivity contribution in [2.45, 2.75) is 25.4 Å². The Bertz CT molecular complexity index is 459. The molecule has 0 amide bonds. The highest BCUT2D eigenvalue weighted by Gasteiger charge is 2.28. The van der Waals surface area contributed by atoms with Crippen LogP contribution in [0.25, 0.3) is 6.08 Å². The molecule has 2 unspecified atom stereocenters. The Labute approximate surface area is 108 Å². The Morgan fingerprint density at radius 2 is 2.06 bits per heavy atom. The first-order valence-electron chi connectivity index (χ1n) is 6.32. The molecule has 1 saturated carbocycles. The third-order valence-electron chi connectivity index (χ3n) is 3.42. The van der Waals surface area contributed by atoms with Crippen LogP contribution in [0.15, 0.2) is 48.6 Å². The second-order valence-corrected chi connectivity index (χ2v) is 4.71. The molecule has 1 aromatic rings. The lowest BCUT2D eigenvalue weighted by Crippen LogP contribution is -2.27. The highest BCUT2D eigenvalue weighted by atomic mass is 16.3. The maximum atomic E-state index is 11.5. The predicted octanol–water partition coefficient (Wildman–Crippen LogP) is 2.99. The molecule has 0 saturated heterocycles. The number of rotatable bonds is 3. The third-order valence-corrected chi connectivity index (χ3v) is 3.42. The van der Waals surface area contributed by atoms with Crippen LogP contribution in [0.1, 0.15) is 24.8 Å². The fourth-order valence-electron chi connectivity index (χ4n) is 2.31. The second kappa shape index (κ2) is 5.78. The Morgan fingerprint density at radius 3 is 2.78 bits per heavy atom. The van der Waals surface area contributed by atoms with Crippen LogP contribution in [0.3, 0.4) is 0 Å². The normalized spacial score (nSPS) is 22.4. The topological polar surface area (TPSA) is 37.3 Å². The van der Waals surface area contributed by atoms with Gasteiger partial charge in [-0.3, -0.25) is 4.79 Å². The Morgan fingerprint density at radius 1 is 1.33 bits per heavy atom. The van der Waals surface area contributed by atoms with Crippen LogP contribution >= 0.6 is 0 Å². The van der Waals surface area contributed by atoms with Crippen molar-refractivity contribution in [3.63, 3.8) is 0 Å². The molecule has 2 rings (SSSR count). The average molecular weight is 242 g/mol. The number of hydrogen-bond donors (Lipinski definition) is 1. The van der Waals surface area contributed by atoms with Gasteiger partial charge < -0.3 is 5.11 Å². The van der Waals surface area contributed by atoms with E-state index in [0.29, 0.717) is 12.0 Å². The van der Waals surface area contributed by atoms with Crippen molar-refractivity contribution >= 4 is 11.9 Å². The van der Waals surface area contributed by atoms with Gasteiger partial charge in [-0.25, -0.2) is 0 Å². The van der Waals surface area contributed by atoms with Crippen LogP contribution in [0.5, 0.6) is 0 Å². The average Bonchev–Trinajstić information content (AvgIpc) is 2.40. The molecule has 2 atom stereocenters. The number of aliphatic hydroxyl groups excluding tert-OH is 1. The number of aliphatic hydroxyl groups is 1. The third kappa shape index (κ3) is 2.96. The minimum Gasteiger partial charge on any atom is -0.388 e. The fraction of sp³-hybridized carbons (Fsp3) is 0.312. The van der Waals surface area contributed by atoms with E-state index >= 15 is 0 Å². The lowest BCUT2D eigenvalue weighted by Gasteiger charge is -2.26. The number of benzene rings is 1. The molecule has 0 heterocycles. The molecular formula is C16H18O2. The summed E-state index contributed by atoms with van der Waals surface area (Å²) in [6.45, 7) is 3.81. The summed E-state index contributed by atoms with van der Waals surface area (Å²) in [7, 11) is 0.